The van der Waals surface area contributed by atoms with Crippen molar-refractivity contribution in [3.05, 3.63) is 36.4 Å². The van der Waals surface area contributed by atoms with E-state index in [1.165, 1.54) is 4.90 Å². The van der Waals surface area contributed by atoms with E-state index in [1.807, 2.05) is 0 Å². The summed E-state index contributed by atoms with van der Waals surface area (Å²) >= 11 is 0. The lowest BCUT2D eigenvalue weighted by molar-refractivity contribution is -0.131. The molecule has 0 saturated carbocycles. The highest BCUT2D eigenvalue weighted by atomic mass is 16.5. The average molecular weight is 315 g/mol. The average Bonchev–Trinajstić information content (AvgIpc) is 3.14. The van der Waals surface area contributed by atoms with E-state index in [1.54, 1.807) is 50.5 Å². The number of methoxy groups -OCH3 is 1. The maximum Gasteiger partial charge on any atom is 0.241 e. The van der Waals surface area contributed by atoms with Gasteiger partial charge in [0.05, 0.1) is 36.8 Å². The van der Waals surface area contributed by atoms with Gasteiger partial charge >= 0.3 is 0 Å². The highest BCUT2D eigenvalue weighted by Crippen LogP contribution is 2.57. The van der Waals surface area contributed by atoms with E-state index < -0.39 is 23.0 Å². The number of carbonyl (C=O) groups excluding carboxylic acids is 2. The Hall–Kier alpha value is -2.18. The van der Waals surface area contributed by atoms with Crippen molar-refractivity contribution >= 4 is 17.5 Å². The van der Waals surface area contributed by atoms with Crippen molar-refractivity contribution in [2.75, 3.05) is 18.6 Å². The fourth-order valence-electron chi connectivity index (χ4n) is 4.03. The third-order valence-corrected chi connectivity index (χ3v) is 5.13. The Kier molecular flexibility index (Phi) is 2.77. The molecule has 3 aliphatic heterocycles. The maximum absolute atomic E-state index is 12.9. The number of nitrogens with zero attached hydrogens (tertiary/aromatic N) is 1. The molecular weight excluding hydrogens is 298 g/mol. The second-order valence-corrected chi connectivity index (χ2v) is 6.40. The highest BCUT2D eigenvalue weighted by molar-refractivity contribution is 6.23. The van der Waals surface area contributed by atoms with Crippen LogP contribution in [0.4, 0.5) is 5.69 Å². The second kappa shape index (κ2) is 4.43. The molecule has 0 radical (unpaired) electrons. The van der Waals surface area contributed by atoms with Gasteiger partial charge in [-0.1, -0.05) is 12.2 Å². The molecule has 3 aliphatic rings. The number of anilines is 1. The van der Waals surface area contributed by atoms with Gasteiger partial charge in [0.1, 0.15) is 11.4 Å². The van der Waals surface area contributed by atoms with Crippen molar-refractivity contribution < 1.29 is 24.2 Å². The van der Waals surface area contributed by atoms with Crippen LogP contribution in [0.1, 0.15) is 6.92 Å². The van der Waals surface area contributed by atoms with Gasteiger partial charge in [-0.25, -0.2) is 4.90 Å². The number of benzene rings is 1. The Morgan fingerprint density at radius 3 is 2.43 bits per heavy atom. The van der Waals surface area contributed by atoms with E-state index in [4.69, 9.17) is 9.47 Å². The van der Waals surface area contributed by atoms with Gasteiger partial charge in [-0.2, -0.15) is 0 Å². The molecular formula is C17H17NO5. The van der Waals surface area contributed by atoms with Crippen molar-refractivity contribution in [3.8, 4) is 5.75 Å². The molecule has 1 aromatic rings. The number of carbonyl (C=O) groups is 2. The molecule has 3 heterocycles. The molecule has 2 bridgehead atoms. The maximum atomic E-state index is 12.9. The number of hydrogen-bond donors (Lipinski definition) is 1. The number of rotatable bonds is 3. The van der Waals surface area contributed by atoms with Gasteiger partial charge in [-0.05, 0) is 31.2 Å². The van der Waals surface area contributed by atoms with Gasteiger partial charge in [-0.3, -0.25) is 9.59 Å². The molecule has 4 rings (SSSR count). The Balaban J connectivity index is 1.76. The van der Waals surface area contributed by atoms with Crippen molar-refractivity contribution in [1.82, 2.24) is 0 Å². The molecule has 2 amide bonds. The standard InChI is InChI=1S/C17H17NO5/c1-16-7-8-17(9-19,23-16)13-12(16)14(20)18(15(13)21)10-3-5-11(22-2)6-4-10/h3-8,12-13,19H,9H2,1-2H3/t12-,13-,16+,17-/m1/s1. The molecule has 1 N–H and O–H groups in total. The summed E-state index contributed by atoms with van der Waals surface area (Å²) in [7, 11) is 1.55. The summed E-state index contributed by atoms with van der Waals surface area (Å²) in [4.78, 5) is 27.0. The number of fused-ring (bicyclic) bond motifs is 5. The lowest BCUT2D eigenvalue weighted by atomic mass is 9.73. The number of amides is 2. The first-order chi connectivity index (χ1) is 11.0. The lowest BCUT2D eigenvalue weighted by Gasteiger charge is -2.26. The number of imide groups is 1. The zero-order chi connectivity index (χ0) is 16.4. The Labute approximate surface area is 133 Å². The van der Waals surface area contributed by atoms with Gasteiger partial charge in [-0.15, -0.1) is 0 Å². The normalized spacial score (nSPS) is 37.6. The molecule has 0 unspecified atom stereocenters. The molecule has 6 heteroatoms. The third kappa shape index (κ3) is 1.65. The van der Waals surface area contributed by atoms with Crippen molar-refractivity contribution in [2.24, 2.45) is 11.8 Å². The fourth-order valence-corrected chi connectivity index (χ4v) is 4.03. The monoisotopic (exact) mass is 315 g/mol. The van der Waals surface area contributed by atoms with Gasteiger partial charge in [0, 0.05) is 0 Å². The minimum absolute atomic E-state index is 0.285. The van der Waals surface area contributed by atoms with Crippen LogP contribution in [0.15, 0.2) is 36.4 Å². The van der Waals surface area contributed by atoms with Gasteiger partial charge < -0.3 is 14.6 Å². The van der Waals surface area contributed by atoms with Crippen molar-refractivity contribution in [3.63, 3.8) is 0 Å². The van der Waals surface area contributed by atoms with Gasteiger partial charge in [0.25, 0.3) is 0 Å². The number of aliphatic hydroxyl groups is 1. The van der Waals surface area contributed by atoms with Crippen LogP contribution >= 0.6 is 0 Å². The molecule has 1 aromatic carbocycles. The van der Waals surface area contributed by atoms with Crippen LogP contribution in [-0.2, 0) is 14.3 Å². The van der Waals surface area contributed by atoms with Crippen LogP contribution in [0.5, 0.6) is 5.75 Å². The summed E-state index contributed by atoms with van der Waals surface area (Å²) in [5.41, 5.74) is -1.43. The van der Waals surface area contributed by atoms with Crippen LogP contribution in [0.25, 0.3) is 0 Å². The van der Waals surface area contributed by atoms with Crippen LogP contribution in [0.2, 0.25) is 0 Å². The zero-order valence-electron chi connectivity index (χ0n) is 12.9. The van der Waals surface area contributed by atoms with Crippen LogP contribution < -0.4 is 9.64 Å². The van der Waals surface area contributed by atoms with Gasteiger partial charge in [0.15, 0.2) is 0 Å². The summed E-state index contributed by atoms with van der Waals surface area (Å²) in [6.45, 7) is 1.46. The second-order valence-electron chi connectivity index (χ2n) is 6.40. The molecule has 2 fully saturated rings. The summed E-state index contributed by atoms with van der Waals surface area (Å²) in [6.07, 6.45) is 3.50. The smallest absolute Gasteiger partial charge is 0.241 e. The summed E-state index contributed by atoms with van der Waals surface area (Å²) in [6, 6.07) is 6.77. The predicted octanol–water partition coefficient (Wildman–Crippen LogP) is 0.891. The van der Waals surface area contributed by atoms with E-state index >= 15 is 0 Å². The van der Waals surface area contributed by atoms with Crippen molar-refractivity contribution in [1.29, 1.82) is 0 Å². The molecule has 2 saturated heterocycles. The number of hydrogen-bond acceptors (Lipinski definition) is 5. The minimum Gasteiger partial charge on any atom is -0.497 e. The van der Waals surface area contributed by atoms with Crippen LogP contribution in [-0.4, -0.2) is 41.8 Å². The Morgan fingerprint density at radius 1 is 1.17 bits per heavy atom. The first-order valence-corrected chi connectivity index (χ1v) is 7.49. The first-order valence-electron chi connectivity index (χ1n) is 7.49. The molecule has 0 aliphatic carbocycles. The molecule has 0 aromatic heterocycles. The minimum atomic E-state index is -1.09. The summed E-state index contributed by atoms with van der Waals surface area (Å²) in [5, 5.41) is 9.76. The Bertz CT molecular complexity index is 727. The van der Waals surface area contributed by atoms with Crippen molar-refractivity contribution in [2.45, 2.75) is 18.1 Å². The molecule has 120 valence electrons. The summed E-state index contributed by atoms with van der Waals surface area (Å²) < 4.78 is 11.0. The SMILES string of the molecule is COc1ccc(N2C(=O)[C@H]3[C@H](C2=O)[C@]2(C)C=C[C@]3(CO)O2)cc1. The lowest BCUT2D eigenvalue weighted by Crippen LogP contribution is -2.43. The van der Waals surface area contributed by atoms with E-state index in [0.29, 0.717) is 11.4 Å². The first kappa shape index (κ1) is 14.4. The largest absolute Gasteiger partial charge is 0.497 e. The van der Waals surface area contributed by atoms with Crippen LogP contribution in [0, 0.1) is 11.8 Å². The number of ether oxygens (including phenoxy) is 2. The third-order valence-electron chi connectivity index (χ3n) is 5.13. The van der Waals surface area contributed by atoms with E-state index in [-0.39, 0.29) is 18.4 Å². The van der Waals surface area contributed by atoms with E-state index in [2.05, 4.69) is 0 Å². The fraction of sp³-hybridized carbons (Fsp3) is 0.412. The highest BCUT2D eigenvalue weighted by Gasteiger charge is 2.72. The molecule has 0 spiro atoms. The molecule has 23 heavy (non-hydrogen) atoms. The molecule has 4 atom stereocenters. The quantitative estimate of drug-likeness (QED) is 0.662. The van der Waals surface area contributed by atoms with E-state index in [0.717, 1.165) is 0 Å². The Morgan fingerprint density at radius 2 is 1.83 bits per heavy atom. The van der Waals surface area contributed by atoms with Gasteiger partial charge in [0.2, 0.25) is 11.8 Å². The zero-order valence-corrected chi connectivity index (χ0v) is 12.9. The topological polar surface area (TPSA) is 76.1 Å². The summed E-state index contributed by atoms with van der Waals surface area (Å²) in [5.74, 6) is -1.25. The van der Waals surface area contributed by atoms with Crippen LogP contribution in [0.3, 0.4) is 0 Å². The molecule has 6 nitrogen and oxygen atoms in total. The van der Waals surface area contributed by atoms with E-state index in [9.17, 15) is 14.7 Å². The number of aliphatic hydroxyl groups excluding tert-OH is 1. The predicted molar refractivity (Wildman–Crippen MR) is 80.9 cm³/mol.